The molecule has 2 rings (SSSR count). The van der Waals surface area contributed by atoms with Crippen molar-refractivity contribution in [3.8, 4) is 0 Å². The van der Waals surface area contributed by atoms with Gasteiger partial charge in [-0.25, -0.2) is 0 Å². The van der Waals surface area contributed by atoms with Gasteiger partial charge in [-0.05, 0) is 39.5 Å². The van der Waals surface area contributed by atoms with Crippen LogP contribution in [0.5, 0.6) is 0 Å². The highest BCUT2D eigenvalue weighted by Gasteiger charge is 2.40. The third kappa shape index (κ3) is 3.08. The van der Waals surface area contributed by atoms with Crippen molar-refractivity contribution in [2.24, 2.45) is 0 Å². The molecule has 1 saturated carbocycles. The Bertz CT molecular complexity index is 368. The van der Waals surface area contributed by atoms with Crippen LogP contribution in [-0.4, -0.2) is 48.1 Å². The highest BCUT2D eigenvalue weighted by atomic mass is 16.5. The molecule has 0 aromatic heterocycles. The summed E-state index contributed by atoms with van der Waals surface area (Å²) in [4.78, 5) is 26.1. The van der Waals surface area contributed by atoms with Gasteiger partial charge in [-0.1, -0.05) is 0 Å². The van der Waals surface area contributed by atoms with Crippen LogP contribution < -0.4 is 5.32 Å². The van der Waals surface area contributed by atoms with Crippen molar-refractivity contribution in [1.29, 1.82) is 0 Å². The minimum Gasteiger partial charge on any atom is -0.381 e. The predicted octanol–water partition coefficient (Wildman–Crippen LogP) is 1.07. The van der Waals surface area contributed by atoms with Gasteiger partial charge in [0.05, 0.1) is 6.10 Å². The van der Waals surface area contributed by atoms with Crippen molar-refractivity contribution in [2.75, 3.05) is 13.7 Å². The molecule has 19 heavy (non-hydrogen) atoms. The third-order valence-electron chi connectivity index (χ3n) is 4.20. The lowest BCUT2D eigenvalue weighted by atomic mass is 9.90. The highest BCUT2D eigenvalue weighted by molar-refractivity contribution is 5.93. The summed E-state index contributed by atoms with van der Waals surface area (Å²) in [5.74, 6) is -0.0138. The zero-order valence-electron chi connectivity index (χ0n) is 12.1. The van der Waals surface area contributed by atoms with E-state index in [2.05, 4.69) is 5.32 Å². The first-order valence-electron chi connectivity index (χ1n) is 7.09. The van der Waals surface area contributed by atoms with Crippen LogP contribution >= 0.6 is 0 Å². The molecule has 2 fully saturated rings. The molecule has 2 amide bonds. The summed E-state index contributed by atoms with van der Waals surface area (Å²) in [6.07, 6.45) is 4.66. The summed E-state index contributed by atoms with van der Waals surface area (Å²) in [6.45, 7) is 4.08. The fraction of sp³-hybridized carbons (Fsp3) is 0.857. The molecular formula is C14H24N2O3. The Hall–Kier alpha value is -1.10. The van der Waals surface area contributed by atoms with E-state index in [9.17, 15) is 9.59 Å². The molecule has 0 aromatic rings. The van der Waals surface area contributed by atoms with E-state index < -0.39 is 5.54 Å². The Morgan fingerprint density at radius 2 is 2.05 bits per heavy atom. The van der Waals surface area contributed by atoms with Gasteiger partial charge in [-0.2, -0.15) is 0 Å². The largest absolute Gasteiger partial charge is 0.381 e. The number of hydrogen-bond acceptors (Lipinski definition) is 3. The van der Waals surface area contributed by atoms with Crippen molar-refractivity contribution in [3.63, 3.8) is 0 Å². The standard InChI is InChI=1S/C14H24N2O3/c1-14(2)13(18)16(8-7-12(17)15-14)10-5-4-6-11(9-10)19-3/h10-11H,4-9H2,1-3H3,(H,15,17). The van der Waals surface area contributed by atoms with Gasteiger partial charge in [0.2, 0.25) is 11.8 Å². The maximum Gasteiger partial charge on any atom is 0.248 e. The van der Waals surface area contributed by atoms with E-state index >= 15 is 0 Å². The smallest absolute Gasteiger partial charge is 0.248 e. The van der Waals surface area contributed by atoms with Crippen LogP contribution in [0, 0.1) is 0 Å². The fourth-order valence-electron chi connectivity index (χ4n) is 3.11. The topological polar surface area (TPSA) is 58.6 Å². The number of rotatable bonds is 2. The van der Waals surface area contributed by atoms with Gasteiger partial charge in [-0.3, -0.25) is 9.59 Å². The van der Waals surface area contributed by atoms with E-state index in [0.29, 0.717) is 13.0 Å². The summed E-state index contributed by atoms with van der Waals surface area (Å²) in [5, 5.41) is 2.80. The Kier molecular flexibility index (Phi) is 4.13. The molecule has 1 aliphatic heterocycles. The lowest BCUT2D eigenvalue weighted by molar-refractivity contribution is -0.140. The molecule has 2 atom stereocenters. The Morgan fingerprint density at radius 1 is 1.32 bits per heavy atom. The lowest BCUT2D eigenvalue weighted by Gasteiger charge is -2.39. The summed E-state index contributed by atoms with van der Waals surface area (Å²) in [7, 11) is 1.73. The quantitative estimate of drug-likeness (QED) is 0.815. The zero-order chi connectivity index (χ0) is 14.0. The second-order valence-corrected chi connectivity index (χ2v) is 6.10. The zero-order valence-corrected chi connectivity index (χ0v) is 12.1. The van der Waals surface area contributed by atoms with E-state index in [4.69, 9.17) is 4.74 Å². The molecule has 2 unspecified atom stereocenters. The van der Waals surface area contributed by atoms with Crippen molar-refractivity contribution >= 4 is 11.8 Å². The van der Waals surface area contributed by atoms with Crippen LogP contribution in [0.2, 0.25) is 0 Å². The van der Waals surface area contributed by atoms with Gasteiger partial charge in [0.25, 0.3) is 0 Å². The van der Waals surface area contributed by atoms with E-state index in [0.717, 1.165) is 25.7 Å². The van der Waals surface area contributed by atoms with Gasteiger partial charge >= 0.3 is 0 Å². The molecule has 0 bridgehead atoms. The minimum absolute atomic E-state index is 0.0279. The van der Waals surface area contributed by atoms with E-state index in [-0.39, 0.29) is 24.0 Å². The number of methoxy groups -OCH3 is 1. The van der Waals surface area contributed by atoms with Gasteiger partial charge in [0.1, 0.15) is 5.54 Å². The molecule has 5 heteroatoms. The van der Waals surface area contributed by atoms with Crippen LogP contribution in [0.4, 0.5) is 0 Å². The van der Waals surface area contributed by atoms with E-state index in [1.54, 1.807) is 21.0 Å². The van der Waals surface area contributed by atoms with Crippen molar-refractivity contribution in [1.82, 2.24) is 10.2 Å². The van der Waals surface area contributed by atoms with Crippen LogP contribution in [0.15, 0.2) is 0 Å². The number of amides is 2. The van der Waals surface area contributed by atoms with Crippen LogP contribution in [0.1, 0.15) is 46.0 Å². The second kappa shape index (κ2) is 5.49. The van der Waals surface area contributed by atoms with E-state index in [1.165, 1.54) is 0 Å². The van der Waals surface area contributed by atoms with Crippen molar-refractivity contribution in [3.05, 3.63) is 0 Å². The molecule has 0 radical (unpaired) electrons. The number of ether oxygens (including phenoxy) is 1. The average Bonchev–Trinajstić information content (AvgIpc) is 2.47. The average molecular weight is 268 g/mol. The molecule has 2 aliphatic rings. The number of carbonyl (C=O) groups excluding carboxylic acids is 2. The summed E-state index contributed by atoms with van der Waals surface area (Å²) < 4.78 is 5.43. The highest BCUT2D eigenvalue weighted by Crippen LogP contribution is 2.27. The maximum atomic E-state index is 12.6. The number of hydrogen-bond donors (Lipinski definition) is 1. The second-order valence-electron chi connectivity index (χ2n) is 6.10. The Labute approximate surface area is 114 Å². The molecule has 0 aromatic carbocycles. The minimum atomic E-state index is -0.798. The molecule has 0 spiro atoms. The molecule has 5 nitrogen and oxygen atoms in total. The first-order valence-corrected chi connectivity index (χ1v) is 7.09. The van der Waals surface area contributed by atoms with Gasteiger partial charge in [0, 0.05) is 26.1 Å². The number of nitrogens with one attached hydrogen (secondary N) is 1. The monoisotopic (exact) mass is 268 g/mol. The molecule has 1 aliphatic carbocycles. The first kappa shape index (κ1) is 14.3. The molecule has 1 heterocycles. The van der Waals surface area contributed by atoms with Gasteiger partial charge in [0.15, 0.2) is 0 Å². The predicted molar refractivity (Wildman–Crippen MR) is 71.6 cm³/mol. The van der Waals surface area contributed by atoms with Crippen LogP contribution in [-0.2, 0) is 14.3 Å². The van der Waals surface area contributed by atoms with E-state index in [1.807, 2.05) is 4.90 Å². The molecular weight excluding hydrogens is 244 g/mol. The van der Waals surface area contributed by atoms with Gasteiger partial charge < -0.3 is 15.0 Å². The maximum absolute atomic E-state index is 12.6. The van der Waals surface area contributed by atoms with Crippen LogP contribution in [0.25, 0.3) is 0 Å². The summed E-state index contributed by atoms with van der Waals surface area (Å²) in [6, 6.07) is 0.207. The van der Waals surface area contributed by atoms with Crippen molar-refractivity contribution < 1.29 is 14.3 Å². The summed E-state index contributed by atoms with van der Waals surface area (Å²) >= 11 is 0. The molecule has 108 valence electrons. The lowest BCUT2D eigenvalue weighted by Crippen LogP contribution is -2.55. The van der Waals surface area contributed by atoms with Gasteiger partial charge in [-0.15, -0.1) is 0 Å². The van der Waals surface area contributed by atoms with Crippen LogP contribution in [0.3, 0.4) is 0 Å². The number of carbonyl (C=O) groups is 2. The first-order chi connectivity index (χ1) is 8.94. The summed E-state index contributed by atoms with van der Waals surface area (Å²) in [5.41, 5.74) is -0.798. The third-order valence-corrected chi connectivity index (χ3v) is 4.20. The fourth-order valence-corrected chi connectivity index (χ4v) is 3.11. The SMILES string of the molecule is COC1CCCC(N2CCC(=O)NC(C)(C)C2=O)C1. The Morgan fingerprint density at radius 3 is 2.74 bits per heavy atom. The molecule has 1 N–H and O–H groups in total. The normalized spacial score (nSPS) is 31.8. The Balaban J connectivity index is 2.13. The number of nitrogens with zero attached hydrogens (tertiary/aromatic N) is 1. The molecule has 1 saturated heterocycles. The van der Waals surface area contributed by atoms with Crippen molar-refractivity contribution in [2.45, 2.75) is 63.6 Å².